The second-order valence-electron chi connectivity index (χ2n) is 3.71. The average molecular weight is 302 g/mol. The molecule has 0 bridgehead atoms. The summed E-state index contributed by atoms with van der Waals surface area (Å²) in [5.41, 5.74) is 6.15. The van der Waals surface area contributed by atoms with Gasteiger partial charge in [0.05, 0.1) is 11.4 Å². The van der Waals surface area contributed by atoms with Gasteiger partial charge in [0.25, 0.3) is 0 Å². The Labute approximate surface area is 115 Å². The third-order valence-electron chi connectivity index (χ3n) is 2.45. The standard InChI is InChI=1S/C10H12ClN5O2S/c11-9-3-8(2-1-7(9)4-12)19(17,18)15-5-10-13-6-14-16-10/h1-3,6,15H,4-5,12H2,(H,13,14,16). The molecule has 0 aliphatic rings. The molecule has 0 amide bonds. The second-order valence-corrected chi connectivity index (χ2v) is 5.89. The van der Waals surface area contributed by atoms with Gasteiger partial charge in [0.1, 0.15) is 12.2 Å². The molecular weight excluding hydrogens is 290 g/mol. The molecule has 2 aromatic rings. The van der Waals surface area contributed by atoms with E-state index >= 15 is 0 Å². The number of halogens is 1. The van der Waals surface area contributed by atoms with Gasteiger partial charge in [0.15, 0.2) is 0 Å². The first-order chi connectivity index (χ1) is 9.03. The van der Waals surface area contributed by atoms with Crippen LogP contribution in [0.1, 0.15) is 11.4 Å². The minimum absolute atomic E-state index is 0.0264. The molecule has 7 nitrogen and oxygen atoms in total. The topological polar surface area (TPSA) is 114 Å². The summed E-state index contributed by atoms with van der Waals surface area (Å²) in [4.78, 5) is 3.90. The maximum absolute atomic E-state index is 12.0. The number of rotatable bonds is 5. The van der Waals surface area contributed by atoms with Crippen LogP contribution >= 0.6 is 11.6 Å². The lowest BCUT2D eigenvalue weighted by Crippen LogP contribution is -2.24. The highest BCUT2D eigenvalue weighted by atomic mass is 35.5. The van der Waals surface area contributed by atoms with Crippen molar-refractivity contribution in [2.45, 2.75) is 18.0 Å². The third-order valence-corrected chi connectivity index (χ3v) is 4.20. The van der Waals surface area contributed by atoms with Crippen molar-refractivity contribution < 1.29 is 8.42 Å². The molecule has 0 spiro atoms. The number of hydrogen-bond donors (Lipinski definition) is 3. The fourth-order valence-electron chi connectivity index (χ4n) is 1.42. The van der Waals surface area contributed by atoms with Crippen molar-refractivity contribution in [3.8, 4) is 0 Å². The van der Waals surface area contributed by atoms with E-state index in [9.17, 15) is 8.42 Å². The van der Waals surface area contributed by atoms with E-state index < -0.39 is 10.0 Å². The SMILES string of the molecule is NCc1ccc(S(=O)(=O)NCc2ncn[nH]2)cc1Cl. The summed E-state index contributed by atoms with van der Waals surface area (Å²) in [6, 6.07) is 4.41. The van der Waals surface area contributed by atoms with E-state index in [1.54, 1.807) is 6.07 Å². The molecule has 102 valence electrons. The zero-order valence-corrected chi connectivity index (χ0v) is 11.4. The van der Waals surface area contributed by atoms with Crippen molar-refractivity contribution in [2.24, 2.45) is 5.73 Å². The van der Waals surface area contributed by atoms with Gasteiger partial charge in [0.2, 0.25) is 10.0 Å². The van der Waals surface area contributed by atoms with Gasteiger partial charge in [-0.3, -0.25) is 5.10 Å². The number of benzene rings is 1. The van der Waals surface area contributed by atoms with Crippen LogP contribution in [-0.4, -0.2) is 23.6 Å². The first-order valence-corrected chi connectivity index (χ1v) is 7.21. The molecule has 0 atom stereocenters. The maximum Gasteiger partial charge on any atom is 0.241 e. The molecule has 0 fully saturated rings. The predicted octanol–water partition coefficient (Wildman–Crippen LogP) is 0.395. The lowest BCUT2D eigenvalue weighted by atomic mass is 10.2. The van der Waals surface area contributed by atoms with Crippen LogP contribution < -0.4 is 10.5 Å². The zero-order valence-electron chi connectivity index (χ0n) is 9.80. The summed E-state index contributed by atoms with van der Waals surface area (Å²) < 4.78 is 26.4. The molecule has 9 heteroatoms. The number of sulfonamides is 1. The van der Waals surface area contributed by atoms with Crippen LogP contribution in [0.2, 0.25) is 5.02 Å². The van der Waals surface area contributed by atoms with Gasteiger partial charge in [-0.1, -0.05) is 17.7 Å². The molecule has 0 saturated carbocycles. The van der Waals surface area contributed by atoms with Crippen LogP contribution in [0.15, 0.2) is 29.4 Å². The molecule has 0 radical (unpaired) electrons. The monoisotopic (exact) mass is 301 g/mol. The van der Waals surface area contributed by atoms with Crippen molar-refractivity contribution >= 4 is 21.6 Å². The molecule has 2 rings (SSSR count). The number of nitrogens with zero attached hydrogens (tertiary/aromatic N) is 2. The van der Waals surface area contributed by atoms with Crippen molar-refractivity contribution in [3.63, 3.8) is 0 Å². The van der Waals surface area contributed by atoms with Crippen molar-refractivity contribution in [2.75, 3.05) is 0 Å². The van der Waals surface area contributed by atoms with Gasteiger partial charge in [-0.15, -0.1) is 0 Å². The van der Waals surface area contributed by atoms with Crippen molar-refractivity contribution in [3.05, 3.63) is 40.9 Å². The van der Waals surface area contributed by atoms with Crippen molar-refractivity contribution in [1.29, 1.82) is 0 Å². The molecule has 19 heavy (non-hydrogen) atoms. The lowest BCUT2D eigenvalue weighted by molar-refractivity contribution is 0.579. The highest BCUT2D eigenvalue weighted by Crippen LogP contribution is 2.20. The molecule has 1 heterocycles. The van der Waals surface area contributed by atoms with E-state index in [1.165, 1.54) is 18.5 Å². The summed E-state index contributed by atoms with van der Waals surface area (Å²) in [6.07, 6.45) is 1.30. The predicted molar refractivity (Wildman–Crippen MR) is 69.8 cm³/mol. The largest absolute Gasteiger partial charge is 0.326 e. The number of nitrogens with one attached hydrogen (secondary N) is 2. The summed E-state index contributed by atoms with van der Waals surface area (Å²) in [7, 11) is -3.65. The van der Waals surface area contributed by atoms with Crippen LogP contribution in [0.4, 0.5) is 0 Å². The molecule has 1 aromatic heterocycles. The van der Waals surface area contributed by atoms with Crippen LogP contribution in [-0.2, 0) is 23.1 Å². The first kappa shape index (κ1) is 13.9. The van der Waals surface area contributed by atoms with Crippen LogP contribution in [0.5, 0.6) is 0 Å². The van der Waals surface area contributed by atoms with Crippen LogP contribution in [0.3, 0.4) is 0 Å². The van der Waals surface area contributed by atoms with Gasteiger partial charge >= 0.3 is 0 Å². The van der Waals surface area contributed by atoms with Crippen LogP contribution in [0, 0.1) is 0 Å². The van der Waals surface area contributed by atoms with E-state index in [0.29, 0.717) is 16.4 Å². The second kappa shape index (κ2) is 5.66. The zero-order chi connectivity index (χ0) is 13.9. The number of aromatic amines is 1. The Kier molecular flexibility index (Phi) is 4.15. The van der Waals surface area contributed by atoms with Gasteiger partial charge in [-0.25, -0.2) is 18.1 Å². The highest BCUT2D eigenvalue weighted by molar-refractivity contribution is 7.89. The first-order valence-electron chi connectivity index (χ1n) is 5.35. The quantitative estimate of drug-likeness (QED) is 0.739. The Morgan fingerprint density at radius 1 is 1.42 bits per heavy atom. The summed E-state index contributed by atoms with van der Waals surface area (Å²) in [5.74, 6) is 0.424. The summed E-state index contributed by atoms with van der Waals surface area (Å²) in [5, 5.41) is 6.51. The number of hydrogen-bond acceptors (Lipinski definition) is 5. The van der Waals surface area contributed by atoms with E-state index in [4.69, 9.17) is 17.3 Å². The molecular formula is C10H12ClN5O2S. The van der Waals surface area contributed by atoms with E-state index in [1.807, 2.05) is 0 Å². The lowest BCUT2D eigenvalue weighted by Gasteiger charge is -2.07. The molecule has 4 N–H and O–H groups in total. The Morgan fingerprint density at radius 3 is 2.79 bits per heavy atom. The van der Waals surface area contributed by atoms with E-state index in [0.717, 1.165) is 0 Å². The molecule has 1 aromatic carbocycles. The third kappa shape index (κ3) is 3.29. The van der Waals surface area contributed by atoms with E-state index in [2.05, 4.69) is 19.9 Å². The fourth-order valence-corrected chi connectivity index (χ4v) is 2.76. The van der Waals surface area contributed by atoms with Gasteiger partial charge in [-0.2, -0.15) is 5.10 Å². The Hall–Kier alpha value is -1.48. The fraction of sp³-hybridized carbons (Fsp3) is 0.200. The van der Waals surface area contributed by atoms with Crippen LogP contribution in [0.25, 0.3) is 0 Å². The van der Waals surface area contributed by atoms with Gasteiger partial charge in [-0.05, 0) is 17.7 Å². The average Bonchev–Trinajstić information content (AvgIpc) is 2.89. The molecule has 0 aliphatic carbocycles. The van der Waals surface area contributed by atoms with Gasteiger partial charge < -0.3 is 5.73 Å². The van der Waals surface area contributed by atoms with E-state index in [-0.39, 0.29) is 18.0 Å². The molecule has 0 unspecified atom stereocenters. The Bertz CT molecular complexity index is 657. The maximum atomic E-state index is 12.0. The number of aromatic nitrogens is 3. The number of nitrogens with two attached hydrogens (primary N) is 1. The Balaban J connectivity index is 2.17. The normalized spacial score (nSPS) is 11.7. The summed E-state index contributed by atoms with van der Waals surface area (Å²) >= 11 is 5.93. The molecule has 0 saturated heterocycles. The Morgan fingerprint density at radius 2 is 2.21 bits per heavy atom. The van der Waals surface area contributed by atoms with Crippen molar-refractivity contribution in [1.82, 2.24) is 19.9 Å². The summed E-state index contributed by atoms with van der Waals surface area (Å²) in [6.45, 7) is 0.281. The minimum Gasteiger partial charge on any atom is -0.326 e. The highest BCUT2D eigenvalue weighted by Gasteiger charge is 2.15. The number of H-pyrrole nitrogens is 1. The molecule has 0 aliphatic heterocycles. The van der Waals surface area contributed by atoms with Gasteiger partial charge in [0, 0.05) is 11.6 Å². The minimum atomic E-state index is -3.65. The smallest absolute Gasteiger partial charge is 0.241 e.